The van der Waals surface area contributed by atoms with Crippen molar-refractivity contribution < 1.29 is 39.5 Å². The van der Waals surface area contributed by atoms with Crippen LogP contribution in [-0.2, 0) is 19.1 Å². The minimum atomic E-state index is -3.20. The van der Waals surface area contributed by atoms with E-state index in [0.29, 0.717) is 6.42 Å². The van der Waals surface area contributed by atoms with Gasteiger partial charge in [0.15, 0.2) is 6.10 Å². The summed E-state index contributed by atoms with van der Waals surface area (Å²) in [5.41, 5.74) is -5.87. The Labute approximate surface area is 153 Å². The Bertz CT molecular complexity index is 505. The molecule has 0 radical (unpaired) electrons. The summed E-state index contributed by atoms with van der Waals surface area (Å²) in [5, 5.41) is 38.5. The molecule has 8 nitrogen and oxygen atoms in total. The number of carboxylic acid groups (broad SMARTS) is 2. The van der Waals surface area contributed by atoms with Gasteiger partial charge in [0, 0.05) is 6.42 Å². The third-order valence-electron chi connectivity index (χ3n) is 5.06. The van der Waals surface area contributed by atoms with Crippen molar-refractivity contribution in [3.63, 3.8) is 0 Å². The van der Waals surface area contributed by atoms with Gasteiger partial charge in [-0.3, -0.25) is 0 Å². The first kappa shape index (κ1) is 22.4. The zero-order valence-electron chi connectivity index (χ0n) is 15.3. The molecule has 0 spiro atoms. The monoisotopic (exact) mass is 374 g/mol. The maximum absolute atomic E-state index is 11.6. The van der Waals surface area contributed by atoms with Crippen LogP contribution < -0.4 is 0 Å². The van der Waals surface area contributed by atoms with Gasteiger partial charge in [-0.15, -0.1) is 0 Å². The van der Waals surface area contributed by atoms with Gasteiger partial charge in [0.2, 0.25) is 5.60 Å². The minimum absolute atomic E-state index is 0.262. The Kier molecular flexibility index (Phi) is 8.49. The van der Waals surface area contributed by atoms with Gasteiger partial charge in [-0.2, -0.15) is 0 Å². The molecule has 150 valence electrons. The van der Waals surface area contributed by atoms with Crippen LogP contribution >= 0.6 is 0 Å². The topological polar surface area (TPSA) is 141 Å². The summed E-state index contributed by atoms with van der Waals surface area (Å²) in [7, 11) is 0. The van der Waals surface area contributed by atoms with Crippen molar-refractivity contribution >= 4 is 17.9 Å². The summed E-state index contributed by atoms with van der Waals surface area (Å²) in [6.45, 7) is 2.16. The van der Waals surface area contributed by atoms with Gasteiger partial charge in [0.1, 0.15) is 0 Å². The highest BCUT2D eigenvalue weighted by Gasteiger charge is 2.74. The van der Waals surface area contributed by atoms with Crippen molar-refractivity contribution in [3.8, 4) is 0 Å². The number of aliphatic carboxylic acids is 2. The number of carbonyl (C=O) groups excluding carboxylic acids is 1. The highest BCUT2D eigenvalue weighted by atomic mass is 16.6. The predicted molar refractivity (Wildman–Crippen MR) is 91.5 cm³/mol. The zero-order valence-corrected chi connectivity index (χ0v) is 15.3. The highest BCUT2D eigenvalue weighted by Crippen LogP contribution is 2.41. The number of rotatable bonds is 13. The molecule has 1 aliphatic rings. The fourth-order valence-corrected chi connectivity index (χ4v) is 3.40. The van der Waals surface area contributed by atoms with Gasteiger partial charge in [-0.1, -0.05) is 64.7 Å². The van der Waals surface area contributed by atoms with E-state index in [4.69, 9.17) is 0 Å². The van der Waals surface area contributed by atoms with E-state index in [0.717, 1.165) is 25.7 Å². The molecule has 0 aromatic carbocycles. The van der Waals surface area contributed by atoms with Crippen molar-refractivity contribution in [3.05, 3.63) is 0 Å². The summed E-state index contributed by atoms with van der Waals surface area (Å²) < 4.78 is 4.66. The first-order valence-electron chi connectivity index (χ1n) is 9.34. The Morgan fingerprint density at radius 1 is 0.923 bits per heavy atom. The Hall–Kier alpha value is -1.67. The van der Waals surface area contributed by atoms with Gasteiger partial charge in [0.05, 0.1) is 0 Å². The van der Waals surface area contributed by atoms with Gasteiger partial charge in [-0.25, -0.2) is 14.4 Å². The molecule has 0 aromatic heterocycles. The van der Waals surface area contributed by atoms with Crippen LogP contribution in [0.5, 0.6) is 0 Å². The van der Waals surface area contributed by atoms with Crippen LogP contribution in [0.15, 0.2) is 0 Å². The first-order valence-corrected chi connectivity index (χ1v) is 9.34. The normalized spacial score (nSPS) is 28.1. The van der Waals surface area contributed by atoms with Crippen LogP contribution in [-0.4, -0.2) is 55.6 Å². The average Bonchev–Trinajstić information content (AvgIpc) is 2.79. The molecule has 26 heavy (non-hydrogen) atoms. The Morgan fingerprint density at radius 3 is 1.81 bits per heavy atom. The van der Waals surface area contributed by atoms with Crippen LogP contribution in [0.25, 0.3) is 0 Å². The third-order valence-corrected chi connectivity index (χ3v) is 5.06. The van der Waals surface area contributed by atoms with E-state index in [1.165, 1.54) is 25.7 Å². The predicted octanol–water partition coefficient (Wildman–Crippen LogP) is 1.85. The standard InChI is InChI=1S/C18H30O8/c1-2-3-4-5-6-7-8-9-10-11-12-17(15(21)22)18(25,16(23)24)13(19)14(20)26-17/h13,19,25H,2-12H2,1H3,(H,21,22)(H,23,24)/t13-,17+,18-/m0/s1. The number of hydrogen-bond donors (Lipinski definition) is 4. The largest absolute Gasteiger partial charge is 0.479 e. The third kappa shape index (κ3) is 4.54. The summed E-state index contributed by atoms with van der Waals surface area (Å²) in [4.78, 5) is 34.5. The van der Waals surface area contributed by atoms with Crippen LogP contribution in [0, 0.1) is 0 Å². The number of carboxylic acids is 2. The number of esters is 1. The molecule has 1 fully saturated rings. The maximum atomic E-state index is 11.6. The molecular formula is C18H30O8. The van der Waals surface area contributed by atoms with Crippen molar-refractivity contribution in [1.29, 1.82) is 0 Å². The van der Waals surface area contributed by atoms with Gasteiger partial charge >= 0.3 is 17.9 Å². The molecule has 0 amide bonds. The van der Waals surface area contributed by atoms with Crippen LogP contribution in [0.2, 0.25) is 0 Å². The van der Waals surface area contributed by atoms with Crippen LogP contribution in [0.3, 0.4) is 0 Å². The molecule has 0 unspecified atom stereocenters. The van der Waals surface area contributed by atoms with E-state index in [2.05, 4.69) is 11.7 Å². The minimum Gasteiger partial charge on any atom is -0.479 e. The van der Waals surface area contributed by atoms with E-state index < -0.39 is 35.2 Å². The summed E-state index contributed by atoms with van der Waals surface area (Å²) in [6, 6.07) is 0. The lowest BCUT2D eigenvalue weighted by atomic mass is 9.77. The molecule has 3 atom stereocenters. The number of unbranched alkanes of at least 4 members (excludes halogenated alkanes) is 9. The van der Waals surface area contributed by atoms with Crippen molar-refractivity contribution in [2.75, 3.05) is 0 Å². The second kappa shape index (κ2) is 9.87. The SMILES string of the molecule is CCCCCCCCCCCC[C@]1(C(=O)O)OC(=O)[C@H](O)[C@]1(O)C(=O)O. The van der Waals surface area contributed by atoms with E-state index >= 15 is 0 Å². The number of aliphatic hydroxyl groups excluding tert-OH is 1. The molecule has 0 bridgehead atoms. The number of aliphatic hydroxyl groups is 2. The molecule has 8 heteroatoms. The summed E-state index contributed by atoms with van der Waals surface area (Å²) >= 11 is 0. The highest BCUT2D eigenvalue weighted by molar-refractivity contribution is 6.01. The van der Waals surface area contributed by atoms with E-state index in [-0.39, 0.29) is 12.8 Å². The number of hydrogen-bond acceptors (Lipinski definition) is 6. The van der Waals surface area contributed by atoms with E-state index in [9.17, 15) is 34.8 Å². The van der Waals surface area contributed by atoms with Crippen molar-refractivity contribution in [2.45, 2.75) is 94.9 Å². The van der Waals surface area contributed by atoms with Crippen molar-refractivity contribution in [2.24, 2.45) is 0 Å². The van der Waals surface area contributed by atoms with E-state index in [1.54, 1.807) is 0 Å². The van der Waals surface area contributed by atoms with Gasteiger partial charge in [0.25, 0.3) is 5.60 Å². The van der Waals surface area contributed by atoms with Crippen LogP contribution in [0.4, 0.5) is 0 Å². The maximum Gasteiger partial charge on any atom is 0.352 e. The Balaban J connectivity index is 2.50. The lowest BCUT2D eigenvalue weighted by molar-refractivity contribution is -0.204. The van der Waals surface area contributed by atoms with Gasteiger partial charge in [-0.05, 0) is 6.42 Å². The molecular weight excluding hydrogens is 344 g/mol. The molecule has 1 rings (SSSR count). The second-order valence-corrected chi connectivity index (χ2v) is 6.96. The second-order valence-electron chi connectivity index (χ2n) is 6.96. The average molecular weight is 374 g/mol. The summed E-state index contributed by atoms with van der Waals surface area (Å²) in [5.74, 6) is -5.21. The lowest BCUT2D eigenvalue weighted by Gasteiger charge is -2.33. The van der Waals surface area contributed by atoms with Crippen LogP contribution in [0.1, 0.15) is 77.6 Å². The number of carbonyl (C=O) groups is 3. The van der Waals surface area contributed by atoms with E-state index in [1.807, 2.05) is 0 Å². The Morgan fingerprint density at radius 2 is 1.38 bits per heavy atom. The molecule has 1 aliphatic heterocycles. The number of ether oxygens (including phenoxy) is 1. The zero-order chi connectivity index (χ0) is 19.8. The molecule has 1 heterocycles. The molecule has 0 saturated carbocycles. The fraction of sp³-hybridized carbons (Fsp3) is 0.833. The van der Waals surface area contributed by atoms with Gasteiger partial charge < -0.3 is 25.2 Å². The lowest BCUT2D eigenvalue weighted by Crippen LogP contribution is -2.65. The smallest absolute Gasteiger partial charge is 0.352 e. The molecule has 4 N–H and O–H groups in total. The molecule has 1 saturated heterocycles. The quantitative estimate of drug-likeness (QED) is 0.283. The first-order chi connectivity index (χ1) is 12.2. The molecule has 0 aliphatic carbocycles. The summed E-state index contributed by atoms with van der Waals surface area (Å²) in [6.07, 6.45) is 7.02. The van der Waals surface area contributed by atoms with Crippen molar-refractivity contribution in [1.82, 2.24) is 0 Å². The number of cyclic esters (lactones) is 1. The fourth-order valence-electron chi connectivity index (χ4n) is 3.40. The molecule has 0 aromatic rings.